The smallest absolute Gasteiger partial charge is 0.272 e. The van der Waals surface area contributed by atoms with E-state index in [1.54, 1.807) is 18.2 Å². The molecule has 3 aliphatic rings. The van der Waals surface area contributed by atoms with Gasteiger partial charge in [0.2, 0.25) is 11.9 Å². The van der Waals surface area contributed by atoms with Crippen LogP contribution in [0.15, 0.2) is 30.3 Å². The van der Waals surface area contributed by atoms with Gasteiger partial charge in [-0.25, -0.2) is 9.97 Å². The lowest BCUT2D eigenvalue weighted by molar-refractivity contribution is -0.135. The molecule has 1 aromatic carbocycles. The van der Waals surface area contributed by atoms with Crippen LogP contribution in [0.3, 0.4) is 0 Å². The van der Waals surface area contributed by atoms with Crippen LogP contribution in [-0.4, -0.2) is 78.0 Å². The lowest BCUT2D eigenvalue weighted by atomic mass is 9.73. The third kappa shape index (κ3) is 6.21. The number of carbonyl (C=O) groups excluding carboxylic acids is 3. The summed E-state index contributed by atoms with van der Waals surface area (Å²) in [6.45, 7) is 7.40. The second-order valence-corrected chi connectivity index (χ2v) is 11.4. The minimum atomic E-state index is -0.570. The molecule has 0 radical (unpaired) electrons. The molecular formula is C30H40N6O4. The van der Waals surface area contributed by atoms with Gasteiger partial charge in [-0.3, -0.25) is 14.4 Å². The highest BCUT2D eigenvalue weighted by molar-refractivity contribution is 5.97. The molecule has 3 amide bonds. The first-order valence-corrected chi connectivity index (χ1v) is 14.6. The monoisotopic (exact) mass is 548 g/mol. The number of rotatable bonds is 2. The van der Waals surface area contributed by atoms with E-state index < -0.39 is 5.41 Å². The van der Waals surface area contributed by atoms with Crippen LogP contribution in [0.4, 0.5) is 5.95 Å². The normalized spacial score (nSPS) is 22.1. The van der Waals surface area contributed by atoms with Crippen molar-refractivity contribution < 1.29 is 19.1 Å². The molecule has 5 rings (SSSR count). The maximum Gasteiger partial charge on any atom is 0.272 e. The van der Waals surface area contributed by atoms with Crippen molar-refractivity contribution in [3.63, 3.8) is 0 Å². The van der Waals surface area contributed by atoms with Crippen molar-refractivity contribution in [3.8, 4) is 5.75 Å². The molecule has 3 aliphatic heterocycles. The van der Waals surface area contributed by atoms with E-state index >= 15 is 0 Å². The van der Waals surface area contributed by atoms with Crippen LogP contribution < -0.4 is 20.3 Å². The summed E-state index contributed by atoms with van der Waals surface area (Å²) in [6.07, 6.45) is 5.65. The zero-order valence-corrected chi connectivity index (χ0v) is 23.6. The molecule has 2 N–H and O–H groups in total. The molecule has 0 bridgehead atoms. The van der Waals surface area contributed by atoms with Gasteiger partial charge in [0.1, 0.15) is 18.1 Å². The van der Waals surface area contributed by atoms with Crippen LogP contribution in [0.1, 0.15) is 78.4 Å². The maximum atomic E-state index is 13.7. The summed E-state index contributed by atoms with van der Waals surface area (Å²) in [5.41, 5.74) is 1.13. The number of hydrogen-bond donors (Lipinski definition) is 2. The number of nitrogens with zero attached hydrogens (tertiary/aromatic N) is 4. The van der Waals surface area contributed by atoms with Gasteiger partial charge in [0.15, 0.2) is 0 Å². The van der Waals surface area contributed by atoms with Gasteiger partial charge in [-0.15, -0.1) is 0 Å². The fraction of sp³-hybridized carbons (Fsp3) is 0.567. The Bertz CT molecular complexity index is 1240. The van der Waals surface area contributed by atoms with Crippen LogP contribution in [0.25, 0.3) is 0 Å². The first-order chi connectivity index (χ1) is 19.3. The number of aryl methyl sites for hydroxylation is 1. The number of anilines is 1. The molecule has 0 saturated carbocycles. The Kier molecular flexibility index (Phi) is 8.52. The zero-order chi connectivity index (χ0) is 28.1. The summed E-state index contributed by atoms with van der Waals surface area (Å²) in [7, 11) is 0. The molecule has 1 spiro atoms. The number of para-hydroxylation sites is 1. The number of carbonyl (C=O) groups is 3. The van der Waals surface area contributed by atoms with E-state index in [0.29, 0.717) is 61.9 Å². The standard InChI is InChI=1S/C30H40N6O4/c1-21-19-24(34-29(33-21)36-15-7-8-16-36)27(38)35-17-12-30(13-18-35)11-5-6-14-31-26(37)23-9-3-4-10-25(23)40-20-22(2)32-28(30)39/h3-4,9-10,19,22H,5-8,11-18,20H2,1-2H3,(H,31,37)(H,32,39)/t22-/m1/s1. The summed E-state index contributed by atoms with van der Waals surface area (Å²) in [5, 5.41) is 6.15. The molecule has 10 heteroatoms. The Hall–Kier alpha value is -3.69. The average Bonchev–Trinajstić information content (AvgIpc) is 3.50. The number of likely N-dealkylation sites (tertiary alicyclic amines) is 1. The Morgan fingerprint density at radius 3 is 2.52 bits per heavy atom. The molecule has 2 fully saturated rings. The van der Waals surface area contributed by atoms with Crippen LogP contribution in [-0.2, 0) is 4.79 Å². The second kappa shape index (κ2) is 12.2. The van der Waals surface area contributed by atoms with Crippen molar-refractivity contribution in [2.45, 2.75) is 64.8 Å². The molecule has 2 aromatic rings. The summed E-state index contributed by atoms with van der Waals surface area (Å²) >= 11 is 0. The fourth-order valence-corrected chi connectivity index (χ4v) is 5.91. The van der Waals surface area contributed by atoms with E-state index in [1.807, 2.05) is 30.9 Å². The van der Waals surface area contributed by atoms with E-state index in [4.69, 9.17) is 4.74 Å². The van der Waals surface area contributed by atoms with Crippen molar-refractivity contribution in [2.24, 2.45) is 5.41 Å². The number of nitrogens with one attached hydrogen (secondary N) is 2. The molecule has 40 heavy (non-hydrogen) atoms. The van der Waals surface area contributed by atoms with Gasteiger partial charge in [0.25, 0.3) is 11.8 Å². The number of hydrogen-bond acceptors (Lipinski definition) is 7. The molecular weight excluding hydrogens is 508 g/mol. The molecule has 10 nitrogen and oxygen atoms in total. The van der Waals surface area contributed by atoms with E-state index in [1.165, 1.54) is 0 Å². The lowest BCUT2D eigenvalue weighted by Crippen LogP contribution is -2.52. The number of amides is 3. The van der Waals surface area contributed by atoms with Crippen molar-refractivity contribution in [3.05, 3.63) is 47.3 Å². The van der Waals surface area contributed by atoms with Crippen molar-refractivity contribution >= 4 is 23.7 Å². The SMILES string of the molecule is Cc1cc(C(=O)N2CCC3(CCCCNC(=O)c4ccccc4OC[C@@H](C)NC3=O)CC2)nc(N2CCCC2)n1. The number of aromatic nitrogens is 2. The Morgan fingerprint density at radius 1 is 1.00 bits per heavy atom. The molecule has 0 aliphatic carbocycles. The minimum Gasteiger partial charge on any atom is -0.491 e. The van der Waals surface area contributed by atoms with Gasteiger partial charge in [0.05, 0.1) is 17.0 Å². The quantitative estimate of drug-likeness (QED) is 0.592. The molecule has 1 atom stereocenters. The number of ether oxygens (including phenoxy) is 1. The van der Waals surface area contributed by atoms with Crippen LogP contribution in [0.5, 0.6) is 5.75 Å². The molecule has 4 heterocycles. The predicted octanol–water partition coefficient (Wildman–Crippen LogP) is 3.11. The van der Waals surface area contributed by atoms with Crippen molar-refractivity contribution in [2.75, 3.05) is 44.2 Å². The summed E-state index contributed by atoms with van der Waals surface area (Å²) in [4.78, 5) is 53.1. The van der Waals surface area contributed by atoms with Gasteiger partial charge in [-0.05, 0) is 70.6 Å². The van der Waals surface area contributed by atoms with Crippen LogP contribution in [0.2, 0.25) is 0 Å². The third-order valence-corrected chi connectivity index (χ3v) is 8.31. The highest BCUT2D eigenvalue weighted by atomic mass is 16.5. The van der Waals surface area contributed by atoms with E-state index in [9.17, 15) is 14.4 Å². The Morgan fingerprint density at radius 2 is 1.75 bits per heavy atom. The molecule has 2 saturated heterocycles. The largest absolute Gasteiger partial charge is 0.491 e. The number of fused-ring (bicyclic) bond motifs is 1. The summed E-state index contributed by atoms with van der Waals surface area (Å²) in [5.74, 6) is 0.890. The van der Waals surface area contributed by atoms with Crippen molar-refractivity contribution in [1.82, 2.24) is 25.5 Å². The van der Waals surface area contributed by atoms with Gasteiger partial charge in [0, 0.05) is 38.4 Å². The average molecular weight is 549 g/mol. The summed E-state index contributed by atoms with van der Waals surface area (Å²) < 4.78 is 5.95. The number of benzene rings is 1. The highest BCUT2D eigenvalue weighted by Gasteiger charge is 2.42. The first-order valence-electron chi connectivity index (χ1n) is 14.6. The minimum absolute atomic E-state index is 0.0132. The molecule has 0 unspecified atom stereocenters. The van der Waals surface area contributed by atoms with Crippen LogP contribution >= 0.6 is 0 Å². The topological polar surface area (TPSA) is 117 Å². The van der Waals surface area contributed by atoms with E-state index in [2.05, 4.69) is 25.5 Å². The second-order valence-electron chi connectivity index (χ2n) is 11.4. The number of piperidine rings is 1. The molecule has 214 valence electrons. The lowest BCUT2D eigenvalue weighted by Gasteiger charge is -2.41. The first kappa shape index (κ1) is 27.9. The van der Waals surface area contributed by atoms with Crippen LogP contribution in [0, 0.1) is 12.3 Å². The van der Waals surface area contributed by atoms with Crippen molar-refractivity contribution in [1.29, 1.82) is 0 Å². The van der Waals surface area contributed by atoms with Gasteiger partial charge < -0.3 is 25.2 Å². The Labute approximate surface area is 235 Å². The zero-order valence-electron chi connectivity index (χ0n) is 23.6. The van der Waals surface area contributed by atoms with Gasteiger partial charge in [-0.2, -0.15) is 0 Å². The maximum absolute atomic E-state index is 13.7. The predicted molar refractivity (Wildman–Crippen MR) is 152 cm³/mol. The molecule has 1 aromatic heterocycles. The fourth-order valence-electron chi connectivity index (χ4n) is 5.91. The Balaban J connectivity index is 1.27. The van der Waals surface area contributed by atoms with E-state index in [0.717, 1.165) is 44.5 Å². The van der Waals surface area contributed by atoms with Gasteiger partial charge >= 0.3 is 0 Å². The highest BCUT2D eigenvalue weighted by Crippen LogP contribution is 2.38. The third-order valence-electron chi connectivity index (χ3n) is 8.31. The van der Waals surface area contributed by atoms with E-state index in [-0.39, 0.29) is 30.4 Å². The summed E-state index contributed by atoms with van der Waals surface area (Å²) in [6, 6.07) is 8.69. The van der Waals surface area contributed by atoms with Gasteiger partial charge in [-0.1, -0.05) is 18.6 Å².